The number of carbonyl (C=O) groups excluding carboxylic acids is 3. The van der Waals surface area contributed by atoms with Gasteiger partial charge in [-0.05, 0) is 37.5 Å². The predicted molar refractivity (Wildman–Crippen MR) is 115 cm³/mol. The van der Waals surface area contributed by atoms with Gasteiger partial charge in [-0.2, -0.15) is 0 Å². The van der Waals surface area contributed by atoms with Crippen LogP contribution in [0.4, 0.5) is 0 Å². The molecule has 1 rings (SSSR count). The summed E-state index contributed by atoms with van der Waals surface area (Å²) >= 11 is 0. The zero-order chi connectivity index (χ0) is 24.6. The van der Waals surface area contributed by atoms with E-state index < -0.39 is 53.8 Å². The first-order valence-electron chi connectivity index (χ1n) is 11.0. The van der Waals surface area contributed by atoms with Gasteiger partial charge in [-0.3, -0.25) is 19.2 Å². The second-order valence-corrected chi connectivity index (χ2v) is 8.98. The average Bonchev–Trinajstić information content (AvgIpc) is 3.18. The van der Waals surface area contributed by atoms with E-state index in [0.717, 1.165) is 0 Å². The molecule has 1 saturated heterocycles. The molecule has 4 unspecified atom stereocenters. The van der Waals surface area contributed by atoms with Crippen LogP contribution in [0.5, 0.6) is 0 Å². The number of nitrogens with one attached hydrogen (secondary N) is 2. The van der Waals surface area contributed by atoms with Crippen molar-refractivity contribution < 1.29 is 34.2 Å². The highest BCUT2D eigenvalue weighted by atomic mass is 16.4. The Morgan fingerprint density at radius 3 is 2.16 bits per heavy atom. The third-order valence-corrected chi connectivity index (χ3v) is 5.44. The number of hydrogen-bond acceptors (Lipinski definition) is 6. The Hall–Kier alpha value is -2.69. The van der Waals surface area contributed by atoms with Crippen LogP contribution < -0.4 is 16.4 Å². The summed E-state index contributed by atoms with van der Waals surface area (Å²) < 4.78 is 0. The van der Waals surface area contributed by atoms with Crippen molar-refractivity contribution in [2.45, 2.75) is 84.0 Å². The summed E-state index contributed by atoms with van der Waals surface area (Å²) in [6.45, 7) is 7.41. The zero-order valence-electron chi connectivity index (χ0n) is 19.2. The van der Waals surface area contributed by atoms with Crippen molar-refractivity contribution in [2.75, 3.05) is 6.54 Å². The quantitative estimate of drug-likeness (QED) is 0.270. The smallest absolute Gasteiger partial charge is 0.326 e. The second kappa shape index (κ2) is 12.4. The van der Waals surface area contributed by atoms with Crippen LogP contribution in [0.3, 0.4) is 0 Å². The molecule has 0 aromatic carbocycles. The van der Waals surface area contributed by atoms with E-state index in [4.69, 9.17) is 10.8 Å². The fourth-order valence-corrected chi connectivity index (χ4v) is 3.56. The van der Waals surface area contributed by atoms with Gasteiger partial charge in [0.2, 0.25) is 17.7 Å². The number of likely N-dealkylation sites (tertiary alicyclic amines) is 1. The first-order valence-corrected chi connectivity index (χ1v) is 11.0. The van der Waals surface area contributed by atoms with E-state index >= 15 is 0 Å². The van der Waals surface area contributed by atoms with Crippen LogP contribution in [-0.4, -0.2) is 75.5 Å². The molecule has 0 spiro atoms. The van der Waals surface area contributed by atoms with Crippen molar-refractivity contribution in [1.29, 1.82) is 0 Å². The van der Waals surface area contributed by atoms with Gasteiger partial charge in [0.05, 0.1) is 6.04 Å². The highest BCUT2D eigenvalue weighted by Crippen LogP contribution is 2.20. The van der Waals surface area contributed by atoms with Gasteiger partial charge in [0, 0.05) is 13.0 Å². The minimum Gasteiger partial charge on any atom is -0.481 e. The first kappa shape index (κ1) is 27.3. The number of aliphatic carboxylic acids is 2. The average molecular weight is 457 g/mol. The normalized spacial score (nSPS) is 18.8. The maximum absolute atomic E-state index is 13.2. The lowest BCUT2D eigenvalue weighted by molar-refractivity contribution is -0.145. The Kier molecular flexibility index (Phi) is 10.6. The minimum atomic E-state index is -1.16. The van der Waals surface area contributed by atoms with Gasteiger partial charge in [-0.25, -0.2) is 4.79 Å². The predicted octanol–water partition coefficient (Wildman–Crippen LogP) is -0.0742. The summed E-state index contributed by atoms with van der Waals surface area (Å²) in [6, 6.07) is -3.99. The number of carbonyl (C=O) groups is 5. The van der Waals surface area contributed by atoms with E-state index in [1.54, 1.807) is 13.8 Å². The Morgan fingerprint density at radius 2 is 1.66 bits per heavy atom. The summed E-state index contributed by atoms with van der Waals surface area (Å²) in [4.78, 5) is 62.2. The van der Waals surface area contributed by atoms with Crippen LogP contribution in [-0.2, 0) is 24.0 Å². The molecule has 0 bridgehead atoms. The molecule has 1 fully saturated rings. The van der Waals surface area contributed by atoms with Crippen molar-refractivity contribution in [2.24, 2.45) is 17.6 Å². The Labute approximate surface area is 188 Å². The van der Waals surface area contributed by atoms with Crippen LogP contribution >= 0.6 is 0 Å². The number of hydrogen-bond donors (Lipinski definition) is 5. The molecule has 0 radical (unpaired) electrons. The Balaban J connectivity index is 2.98. The zero-order valence-corrected chi connectivity index (χ0v) is 19.2. The van der Waals surface area contributed by atoms with E-state index in [0.29, 0.717) is 12.8 Å². The molecule has 6 N–H and O–H groups in total. The number of nitrogens with zero attached hydrogens (tertiary/aromatic N) is 1. The van der Waals surface area contributed by atoms with Crippen LogP contribution in [0.25, 0.3) is 0 Å². The van der Waals surface area contributed by atoms with Gasteiger partial charge in [-0.1, -0.05) is 27.7 Å². The maximum atomic E-state index is 13.2. The summed E-state index contributed by atoms with van der Waals surface area (Å²) in [5.74, 6) is -4.17. The van der Waals surface area contributed by atoms with E-state index in [9.17, 15) is 29.1 Å². The molecule has 182 valence electrons. The molecule has 0 aliphatic carbocycles. The SMILES string of the molecule is CC(C)CC(NC(=O)C1CCCN1C(=O)C(CCC(=O)O)NC(=O)C(N)C(C)C)C(=O)O. The van der Waals surface area contributed by atoms with Gasteiger partial charge >= 0.3 is 11.9 Å². The maximum Gasteiger partial charge on any atom is 0.326 e. The van der Waals surface area contributed by atoms with Crippen molar-refractivity contribution >= 4 is 29.7 Å². The van der Waals surface area contributed by atoms with Crippen molar-refractivity contribution in [3.63, 3.8) is 0 Å². The molecule has 32 heavy (non-hydrogen) atoms. The van der Waals surface area contributed by atoms with Crippen LogP contribution in [0.15, 0.2) is 0 Å². The van der Waals surface area contributed by atoms with Gasteiger partial charge in [0.1, 0.15) is 18.1 Å². The third-order valence-electron chi connectivity index (χ3n) is 5.44. The summed E-state index contributed by atoms with van der Waals surface area (Å²) in [5, 5.41) is 23.4. The van der Waals surface area contributed by atoms with Crippen LogP contribution in [0.2, 0.25) is 0 Å². The third kappa shape index (κ3) is 8.10. The Bertz CT molecular complexity index is 710. The van der Waals surface area contributed by atoms with E-state index in [1.165, 1.54) is 4.90 Å². The molecular formula is C21H36N4O7. The fourth-order valence-electron chi connectivity index (χ4n) is 3.56. The van der Waals surface area contributed by atoms with Gasteiger partial charge in [0.15, 0.2) is 0 Å². The number of carboxylic acid groups (broad SMARTS) is 2. The molecule has 1 heterocycles. The minimum absolute atomic E-state index is 0.0403. The van der Waals surface area contributed by atoms with Crippen molar-refractivity contribution in [3.8, 4) is 0 Å². The number of rotatable bonds is 12. The molecule has 0 aromatic heterocycles. The standard InChI is InChI=1S/C21H36N4O7/c1-11(2)10-14(21(31)32)24-18(28)15-6-5-9-25(15)20(30)13(7-8-16(26)27)23-19(29)17(22)12(3)4/h11-15,17H,5-10,22H2,1-4H3,(H,23,29)(H,24,28)(H,26,27)(H,31,32). The lowest BCUT2D eigenvalue weighted by Crippen LogP contribution is -2.57. The van der Waals surface area contributed by atoms with Crippen LogP contribution in [0.1, 0.15) is 59.8 Å². The molecule has 4 atom stereocenters. The fraction of sp³-hybridized carbons (Fsp3) is 0.762. The molecule has 3 amide bonds. The Morgan fingerprint density at radius 1 is 1.03 bits per heavy atom. The highest BCUT2D eigenvalue weighted by molar-refractivity contribution is 5.94. The number of carboxylic acids is 2. The monoisotopic (exact) mass is 456 g/mol. The van der Waals surface area contributed by atoms with Gasteiger partial charge in [0.25, 0.3) is 0 Å². The van der Waals surface area contributed by atoms with E-state index in [1.807, 2.05) is 13.8 Å². The molecule has 1 aliphatic rings. The van der Waals surface area contributed by atoms with Crippen LogP contribution in [0, 0.1) is 11.8 Å². The molecule has 1 aliphatic heterocycles. The molecular weight excluding hydrogens is 420 g/mol. The topological polar surface area (TPSA) is 179 Å². The first-order chi connectivity index (χ1) is 14.8. The molecule has 11 nitrogen and oxygen atoms in total. The summed E-state index contributed by atoms with van der Waals surface area (Å²) in [6.07, 6.45) is 0.605. The molecule has 0 saturated carbocycles. The highest BCUT2D eigenvalue weighted by Gasteiger charge is 2.39. The molecule has 0 aromatic rings. The van der Waals surface area contributed by atoms with E-state index in [2.05, 4.69) is 10.6 Å². The number of amides is 3. The van der Waals surface area contributed by atoms with Gasteiger partial charge in [-0.15, -0.1) is 0 Å². The van der Waals surface area contributed by atoms with Gasteiger partial charge < -0.3 is 31.5 Å². The lowest BCUT2D eigenvalue weighted by atomic mass is 10.0. The number of nitrogens with two attached hydrogens (primary N) is 1. The largest absolute Gasteiger partial charge is 0.481 e. The van der Waals surface area contributed by atoms with E-state index in [-0.39, 0.29) is 37.6 Å². The molecule has 11 heteroatoms. The summed E-state index contributed by atoms with van der Waals surface area (Å²) in [5.41, 5.74) is 5.84. The second-order valence-electron chi connectivity index (χ2n) is 8.98. The summed E-state index contributed by atoms with van der Waals surface area (Å²) in [7, 11) is 0. The van der Waals surface area contributed by atoms with Crippen molar-refractivity contribution in [3.05, 3.63) is 0 Å². The lowest BCUT2D eigenvalue weighted by Gasteiger charge is -2.30. The van der Waals surface area contributed by atoms with Crippen molar-refractivity contribution in [1.82, 2.24) is 15.5 Å².